The normalized spacial score (nSPS) is 10.3. The van der Waals surface area contributed by atoms with E-state index in [9.17, 15) is 4.79 Å². The third-order valence-corrected chi connectivity index (χ3v) is 3.76. The van der Waals surface area contributed by atoms with Gasteiger partial charge in [0.1, 0.15) is 11.6 Å². The van der Waals surface area contributed by atoms with E-state index in [0.29, 0.717) is 33.8 Å². The number of hydrogen-bond donors (Lipinski definition) is 2. The number of aryl methyl sites for hydroxylation is 1. The zero-order valence-electron chi connectivity index (χ0n) is 14.3. The maximum absolute atomic E-state index is 12.2. The Morgan fingerprint density at radius 3 is 2.46 bits per heavy atom. The predicted octanol–water partition coefficient (Wildman–Crippen LogP) is 4.44. The molecule has 0 fully saturated rings. The molecule has 0 spiro atoms. The molecule has 0 bridgehead atoms. The van der Waals surface area contributed by atoms with Gasteiger partial charge in [0, 0.05) is 28.0 Å². The van der Waals surface area contributed by atoms with Crippen LogP contribution in [0.2, 0.25) is 5.02 Å². The van der Waals surface area contributed by atoms with Gasteiger partial charge >= 0.3 is 0 Å². The molecule has 132 valence electrons. The zero-order chi connectivity index (χ0) is 18.5. The molecule has 0 saturated heterocycles. The fraction of sp³-hybridized carbons (Fsp3) is 0.105. The number of methoxy groups -OCH3 is 1. The van der Waals surface area contributed by atoms with Crippen LogP contribution in [0.1, 0.15) is 16.2 Å². The third kappa shape index (κ3) is 4.49. The lowest BCUT2D eigenvalue weighted by Gasteiger charge is -2.10. The molecule has 0 unspecified atom stereocenters. The number of nitrogens with one attached hydrogen (secondary N) is 2. The van der Waals surface area contributed by atoms with E-state index in [-0.39, 0.29) is 5.91 Å². The molecule has 6 nitrogen and oxygen atoms in total. The standard InChI is InChI=1S/C19H17ClN4O2/c1-12-21-17(11-18(22-12)26-2)23-15-6-8-16(9-7-15)24-19(25)13-4-3-5-14(20)10-13/h3-11H,1-2H3,(H,24,25)(H,21,22,23). The van der Waals surface area contributed by atoms with Crippen LogP contribution in [0.4, 0.5) is 17.2 Å². The number of carbonyl (C=O) groups is 1. The Labute approximate surface area is 156 Å². The fourth-order valence-electron chi connectivity index (χ4n) is 2.33. The topological polar surface area (TPSA) is 76.1 Å². The van der Waals surface area contributed by atoms with Gasteiger partial charge in [0.05, 0.1) is 7.11 Å². The molecule has 1 aromatic heterocycles. The lowest BCUT2D eigenvalue weighted by Crippen LogP contribution is -2.11. The fourth-order valence-corrected chi connectivity index (χ4v) is 2.52. The van der Waals surface area contributed by atoms with Gasteiger partial charge in [-0.1, -0.05) is 17.7 Å². The van der Waals surface area contributed by atoms with Crippen LogP contribution in [0.3, 0.4) is 0 Å². The minimum absolute atomic E-state index is 0.218. The molecule has 3 aromatic rings. The Morgan fingerprint density at radius 1 is 1.04 bits per heavy atom. The molecule has 0 saturated carbocycles. The molecule has 7 heteroatoms. The lowest BCUT2D eigenvalue weighted by molar-refractivity contribution is 0.102. The van der Waals surface area contributed by atoms with E-state index in [1.54, 1.807) is 56.5 Å². The largest absolute Gasteiger partial charge is 0.481 e. The number of hydrogen-bond acceptors (Lipinski definition) is 5. The number of ether oxygens (including phenoxy) is 1. The minimum atomic E-state index is -0.218. The van der Waals surface area contributed by atoms with Crippen LogP contribution < -0.4 is 15.4 Å². The Balaban J connectivity index is 1.69. The van der Waals surface area contributed by atoms with Gasteiger partial charge in [0.2, 0.25) is 5.88 Å². The first-order valence-corrected chi connectivity index (χ1v) is 8.25. The van der Waals surface area contributed by atoms with Crippen molar-refractivity contribution >= 4 is 34.7 Å². The second-order valence-corrected chi connectivity index (χ2v) is 5.95. The number of benzene rings is 2. The molecule has 0 aliphatic heterocycles. The smallest absolute Gasteiger partial charge is 0.255 e. The van der Waals surface area contributed by atoms with Gasteiger partial charge < -0.3 is 15.4 Å². The SMILES string of the molecule is COc1cc(Nc2ccc(NC(=O)c3cccc(Cl)c3)cc2)nc(C)n1. The summed E-state index contributed by atoms with van der Waals surface area (Å²) in [5, 5.41) is 6.53. The van der Waals surface area contributed by atoms with E-state index < -0.39 is 0 Å². The third-order valence-electron chi connectivity index (χ3n) is 3.53. The van der Waals surface area contributed by atoms with E-state index in [2.05, 4.69) is 20.6 Å². The van der Waals surface area contributed by atoms with Gasteiger partial charge in [-0.15, -0.1) is 0 Å². The number of aromatic nitrogens is 2. The highest BCUT2D eigenvalue weighted by atomic mass is 35.5. The molecule has 0 aliphatic rings. The first kappa shape index (κ1) is 17.7. The van der Waals surface area contributed by atoms with Gasteiger partial charge in [0.25, 0.3) is 5.91 Å². The van der Waals surface area contributed by atoms with Gasteiger partial charge in [-0.05, 0) is 49.4 Å². The number of nitrogens with zero attached hydrogens (tertiary/aromatic N) is 2. The molecule has 3 rings (SSSR count). The quantitative estimate of drug-likeness (QED) is 0.696. The predicted molar refractivity (Wildman–Crippen MR) is 102 cm³/mol. The Bertz CT molecular complexity index is 929. The highest BCUT2D eigenvalue weighted by molar-refractivity contribution is 6.31. The van der Waals surface area contributed by atoms with Crippen LogP contribution in [-0.2, 0) is 0 Å². The van der Waals surface area contributed by atoms with Gasteiger partial charge in [-0.3, -0.25) is 4.79 Å². The van der Waals surface area contributed by atoms with Gasteiger partial charge in [-0.2, -0.15) is 4.98 Å². The second kappa shape index (κ2) is 7.84. The molecule has 2 aromatic carbocycles. The van der Waals surface area contributed by atoms with Crippen LogP contribution in [-0.4, -0.2) is 23.0 Å². The zero-order valence-corrected chi connectivity index (χ0v) is 15.0. The van der Waals surface area contributed by atoms with Crippen LogP contribution in [0.5, 0.6) is 5.88 Å². The van der Waals surface area contributed by atoms with E-state index in [0.717, 1.165) is 5.69 Å². The summed E-state index contributed by atoms with van der Waals surface area (Å²) in [6.45, 7) is 1.79. The average Bonchev–Trinajstić information content (AvgIpc) is 2.63. The van der Waals surface area contributed by atoms with E-state index >= 15 is 0 Å². The first-order valence-electron chi connectivity index (χ1n) is 7.87. The summed E-state index contributed by atoms with van der Waals surface area (Å²) in [5.41, 5.74) is 2.01. The number of amides is 1. The maximum Gasteiger partial charge on any atom is 0.255 e. The van der Waals surface area contributed by atoms with Gasteiger partial charge in [0.15, 0.2) is 0 Å². The summed E-state index contributed by atoms with van der Waals surface area (Å²) in [6, 6.07) is 15.8. The number of rotatable bonds is 5. The van der Waals surface area contributed by atoms with Crippen molar-refractivity contribution in [3.8, 4) is 5.88 Å². The summed E-state index contributed by atoms with van der Waals surface area (Å²) in [5.74, 6) is 1.51. The number of anilines is 3. The summed E-state index contributed by atoms with van der Waals surface area (Å²) in [4.78, 5) is 20.7. The lowest BCUT2D eigenvalue weighted by atomic mass is 10.2. The Kier molecular flexibility index (Phi) is 5.34. The van der Waals surface area contributed by atoms with Crippen molar-refractivity contribution in [3.63, 3.8) is 0 Å². The molecule has 1 amide bonds. The molecule has 26 heavy (non-hydrogen) atoms. The average molecular weight is 369 g/mol. The molecular formula is C19H17ClN4O2. The Hall–Kier alpha value is -3.12. The molecule has 1 heterocycles. The van der Waals surface area contributed by atoms with E-state index in [4.69, 9.17) is 16.3 Å². The minimum Gasteiger partial charge on any atom is -0.481 e. The van der Waals surface area contributed by atoms with Crippen molar-refractivity contribution in [2.75, 3.05) is 17.7 Å². The van der Waals surface area contributed by atoms with Crippen molar-refractivity contribution in [2.24, 2.45) is 0 Å². The summed E-state index contributed by atoms with van der Waals surface area (Å²) in [7, 11) is 1.56. The highest BCUT2D eigenvalue weighted by Gasteiger charge is 2.07. The highest BCUT2D eigenvalue weighted by Crippen LogP contribution is 2.21. The second-order valence-electron chi connectivity index (χ2n) is 5.51. The molecule has 0 atom stereocenters. The number of halogens is 1. The molecular weight excluding hydrogens is 352 g/mol. The van der Waals surface area contributed by atoms with Crippen LogP contribution in [0.15, 0.2) is 54.6 Å². The van der Waals surface area contributed by atoms with Crippen molar-refractivity contribution < 1.29 is 9.53 Å². The summed E-state index contributed by atoms with van der Waals surface area (Å²) in [6.07, 6.45) is 0. The van der Waals surface area contributed by atoms with Crippen LogP contribution in [0.25, 0.3) is 0 Å². The van der Waals surface area contributed by atoms with Crippen molar-refractivity contribution in [1.29, 1.82) is 0 Å². The molecule has 2 N–H and O–H groups in total. The summed E-state index contributed by atoms with van der Waals surface area (Å²) >= 11 is 5.91. The molecule has 0 aliphatic carbocycles. The monoisotopic (exact) mass is 368 g/mol. The molecule has 0 radical (unpaired) electrons. The van der Waals surface area contributed by atoms with Crippen molar-refractivity contribution in [2.45, 2.75) is 6.92 Å². The van der Waals surface area contributed by atoms with Crippen molar-refractivity contribution in [1.82, 2.24) is 9.97 Å². The van der Waals surface area contributed by atoms with Crippen LogP contribution >= 0.6 is 11.6 Å². The maximum atomic E-state index is 12.2. The first-order chi connectivity index (χ1) is 12.5. The van der Waals surface area contributed by atoms with Gasteiger partial charge in [-0.25, -0.2) is 4.98 Å². The Morgan fingerprint density at radius 2 is 1.77 bits per heavy atom. The van der Waals surface area contributed by atoms with Crippen LogP contribution in [0, 0.1) is 6.92 Å². The summed E-state index contributed by atoms with van der Waals surface area (Å²) < 4.78 is 5.14. The van der Waals surface area contributed by atoms with E-state index in [1.807, 2.05) is 12.1 Å². The van der Waals surface area contributed by atoms with E-state index in [1.165, 1.54) is 0 Å². The van der Waals surface area contributed by atoms with Crippen molar-refractivity contribution in [3.05, 3.63) is 71.0 Å². The number of carbonyl (C=O) groups excluding carboxylic acids is 1.